The monoisotopic (exact) mass is 561 g/mol. The van der Waals surface area contributed by atoms with Crippen LogP contribution in [0.1, 0.15) is 57.1 Å². The van der Waals surface area contributed by atoms with Crippen LogP contribution in [0.5, 0.6) is 0 Å². The molecular weight excluding hydrogens is 525 g/mol. The zero-order valence-corrected chi connectivity index (χ0v) is 24.3. The van der Waals surface area contributed by atoms with Gasteiger partial charge in [0.05, 0.1) is 29.0 Å². The number of aryl methyl sites for hydroxylation is 1. The number of hydrogen-bond acceptors (Lipinski definition) is 6. The second kappa shape index (κ2) is 9.74. The third kappa shape index (κ3) is 5.09. The lowest BCUT2D eigenvalue weighted by Gasteiger charge is -2.26. The zero-order valence-electron chi connectivity index (χ0n) is 24.3. The molecule has 3 atom stereocenters. The number of piperazine rings is 1. The first-order valence-electron chi connectivity index (χ1n) is 14.1. The molecule has 2 aliphatic rings. The first-order valence-corrected chi connectivity index (χ1v) is 14.1. The number of halogens is 1. The molecule has 0 radical (unpaired) electrons. The molecule has 3 aromatic heterocycles. The number of anilines is 2. The Labute approximate surface area is 238 Å². The molecule has 4 aromatic rings. The van der Waals surface area contributed by atoms with E-state index in [1.165, 1.54) is 6.07 Å². The molecule has 10 nitrogen and oxygen atoms in total. The van der Waals surface area contributed by atoms with E-state index in [4.69, 9.17) is 9.84 Å². The van der Waals surface area contributed by atoms with Crippen molar-refractivity contribution in [2.75, 3.05) is 23.3 Å². The SMILES string of the molecule is CC[C@@H](C)Cn1cc2c(N3C4CN(C(=O)OC(C)(C)C)CC43)ccc(C(=O)Nc3cc(F)c4nc(C)cn4c3)c2n1. The third-order valence-electron chi connectivity index (χ3n) is 7.84. The Morgan fingerprint density at radius 1 is 1.17 bits per heavy atom. The summed E-state index contributed by atoms with van der Waals surface area (Å²) in [5.41, 5.74) is 2.69. The molecule has 2 unspecified atom stereocenters. The van der Waals surface area contributed by atoms with Gasteiger partial charge in [-0.2, -0.15) is 5.10 Å². The van der Waals surface area contributed by atoms with E-state index in [-0.39, 0.29) is 29.7 Å². The molecule has 11 heteroatoms. The largest absolute Gasteiger partial charge is 0.444 e. The van der Waals surface area contributed by atoms with E-state index in [0.29, 0.717) is 41.5 Å². The van der Waals surface area contributed by atoms with Crippen LogP contribution in [0.2, 0.25) is 0 Å². The number of benzene rings is 1. The van der Waals surface area contributed by atoms with Gasteiger partial charge in [-0.05, 0) is 45.7 Å². The Hall–Kier alpha value is -4.15. The molecular formula is C30H36FN7O3. The van der Waals surface area contributed by atoms with Crippen molar-refractivity contribution >= 4 is 39.9 Å². The minimum absolute atomic E-state index is 0.191. The van der Waals surface area contributed by atoms with E-state index in [2.05, 4.69) is 29.0 Å². The van der Waals surface area contributed by atoms with Crippen LogP contribution in [-0.2, 0) is 11.3 Å². The van der Waals surface area contributed by atoms with Gasteiger partial charge >= 0.3 is 6.09 Å². The predicted octanol–water partition coefficient (Wildman–Crippen LogP) is 5.24. The van der Waals surface area contributed by atoms with Crippen LogP contribution in [0.15, 0.2) is 36.8 Å². The number of imidazole rings is 1. The van der Waals surface area contributed by atoms with Crippen LogP contribution < -0.4 is 10.2 Å². The van der Waals surface area contributed by atoms with Gasteiger partial charge in [0.1, 0.15) is 11.1 Å². The Morgan fingerprint density at radius 2 is 1.90 bits per heavy atom. The van der Waals surface area contributed by atoms with Crippen molar-refractivity contribution < 1.29 is 18.7 Å². The van der Waals surface area contributed by atoms with Crippen LogP contribution in [0.25, 0.3) is 16.6 Å². The number of pyridine rings is 1. The lowest BCUT2D eigenvalue weighted by Crippen LogP contribution is -2.39. The molecule has 0 bridgehead atoms. The lowest BCUT2D eigenvalue weighted by atomic mass is 10.1. The number of likely N-dealkylation sites (tertiary alicyclic amines) is 1. The van der Waals surface area contributed by atoms with Crippen molar-refractivity contribution in [1.29, 1.82) is 0 Å². The summed E-state index contributed by atoms with van der Waals surface area (Å²) in [5.74, 6) is -0.461. The topological polar surface area (TPSA) is 96.8 Å². The first kappa shape index (κ1) is 27.0. The van der Waals surface area contributed by atoms with Gasteiger partial charge in [-0.25, -0.2) is 14.2 Å². The number of aromatic nitrogens is 4. The Bertz CT molecular complexity index is 1660. The summed E-state index contributed by atoms with van der Waals surface area (Å²) in [5, 5.41) is 8.56. The molecule has 41 heavy (non-hydrogen) atoms. The highest BCUT2D eigenvalue weighted by Crippen LogP contribution is 2.44. The number of carbonyl (C=O) groups is 2. The van der Waals surface area contributed by atoms with Crippen molar-refractivity contribution in [2.45, 2.75) is 72.2 Å². The summed E-state index contributed by atoms with van der Waals surface area (Å²) < 4.78 is 23.7. The number of rotatable bonds is 6. The van der Waals surface area contributed by atoms with Gasteiger partial charge in [-0.3, -0.25) is 9.48 Å². The van der Waals surface area contributed by atoms with Crippen molar-refractivity contribution in [3.05, 3.63) is 53.9 Å². The van der Waals surface area contributed by atoms with Gasteiger partial charge in [-0.15, -0.1) is 0 Å². The number of nitrogens with zero attached hydrogens (tertiary/aromatic N) is 6. The highest BCUT2D eigenvalue weighted by molar-refractivity contribution is 6.14. The molecule has 0 aliphatic carbocycles. The molecule has 1 aromatic carbocycles. The van der Waals surface area contributed by atoms with E-state index in [1.807, 2.05) is 37.7 Å². The van der Waals surface area contributed by atoms with Crippen LogP contribution in [0.3, 0.4) is 0 Å². The third-order valence-corrected chi connectivity index (χ3v) is 7.84. The maximum absolute atomic E-state index is 14.7. The second-order valence-electron chi connectivity index (χ2n) is 12.3. The zero-order chi connectivity index (χ0) is 29.2. The van der Waals surface area contributed by atoms with Crippen molar-refractivity contribution in [3.8, 4) is 0 Å². The van der Waals surface area contributed by atoms with E-state index >= 15 is 0 Å². The summed E-state index contributed by atoms with van der Waals surface area (Å²) in [4.78, 5) is 34.3. The fraction of sp³-hybridized carbons (Fsp3) is 0.467. The normalized spacial score (nSPS) is 19.1. The Balaban J connectivity index is 1.28. The van der Waals surface area contributed by atoms with Crippen LogP contribution in [0.4, 0.5) is 20.6 Å². The van der Waals surface area contributed by atoms with E-state index in [1.54, 1.807) is 34.7 Å². The van der Waals surface area contributed by atoms with Gasteiger partial charge in [0.2, 0.25) is 0 Å². The minimum atomic E-state index is -0.536. The maximum Gasteiger partial charge on any atom is 0.410 e. The average Bonchev–Trinajstić information content (AvgIpc) is 3.27. The Morgan fingerprint density at radius 3 is 2.59 bits per heavy atom. The summed E-state index contributed by atoms with van der Waals surface area (Å²) >= 11 is 0. The molecule has 6 rings (SSSR count). The van der Waals surface area contributed by atoms with Gasteiger partial charge in [-0.1, -0.05) is 20.3 Å². The quantitative estimate of drug-likeness (QED) is 0.324. The van der Waals surface area contributed by atoms with Crippen LogP contribution >= 0.6 is 0 Å². The van der Waals surface area contributed by atoms with E-state index < -0.39 is 11.4 Å². The second-order valence-corrected chi connectivity index (χ2v) is 12.3. The van der Waals surface area contributed by atoms with Gasteiger partial charge in [0.15, 0.2) is 11.5 Å². The molecule has 0 saturated carbocycles. The molecule has 2 saturated heterocycles. The summed E-state index contributed by atoms with van der Waals surface area (Å²) in [6, 6.07) is 5.39. The smallest absolute Gasteiger partial charge is 0.410 e. The fourth-order valence-corrected chi connectivity index (χ4v) is 5.65. The molecule has 2 fully saturated rings. The standard InChI is InChI=1S/C30H36FN7O3/c1-7-17(2)11-37-14-21-23(38-24-15-36(16-25(24)38)29(40)41-30(4,5)6)9-8-20(26(21)34-37)28(39)33-19-10-22(31)27-32-18(3)12-35(27)13-19/h8-10,12-14,17,24-25H,7,11,15-16H2,1-6H3,(H,33,39)/t17-,24?,25?,38?/m1/s1. The lowest BCUT2D eigenvalue weighted by molar-refractivity contribution is 0.0283. The molecule has 2 aliphatic heterocycles. The number of nitrogens with one attached hydrogen (secondary N) is 1. The fourth-order valence-electron chi connectivity index (χ4n) is 5.65. The number of ether oxygens (including phenoxy) is 1. The predicted molar refractivity (Wildman–Crippen MR) is 155 cm³/mol. The minimum Gasteiger partial charge on any atom is -0.444 e. The first-order chi connectivity index (χ1) is 19.4. The van der Waals surface area contributed by atoms with E-state index in [0.717, 1.165) is 24.0 Å². The number of hydrogen-bond donors (Lipinski definition) is 1. The van der Waals surface area contributed by atoms with Crippen molar-refractivity contribution in [3.63, 3.8) is 0 Å². The van der Waals surface area contributed by atoms with E-state index in [9.17, 15) is 14.0 Å². The molecule has 1 N–H and O–H groups in total. The molecule has 216 valence electrons. The van der Waals surface area contributed by atoms with Gasteiger partial charge < -0.3 is 24.3 Å². The number of amides is 2. The van der Waals surface area contributed by atoms with Gasteiger partial charge in [0.25, 0.3) is 5.91 Å². The molecule has 5 heterocycles. The maximum atomic E-state index is 14.7. The highest BCUT2D eigenvalue weighted by Gasteiger charge is 2.56. The summed E-state index contributed by atoms with van der Waals surface area (Å²) in [6.45, 7) is 13.6. The van der Waals surface area contributed by atoms with Crippen molar-refractivity contribution in [1.82, 2.24) is 24.1 Å². The molecule has 2 amide bonds. The van der Waals surface area contributed by atoms with Crippen LogP contribution in [0, 0.1) is 18.7 Å². The number of fused-ring (bicyclic) bond motifs is 3. The highest BCUT2D eigenvalue weighted by atomic mass is 19.1. The molecule has 0 spiro atoms. The average molecular weight is 562 g/mol. The number of carbonyl (C=O) groups excluding carboxylic acids is 2. The Kier molecular flexibility index (Phi) is 6.43. The van der Waals surface area contributed by atoms with Gasteiger partial charge in [0, 0.05) is 55.4 Å². The summed E-state index contributed by atoms with van der Waals surface area (Å²) in [7, 11) is 0. The van der Waals surface area contributed by atoms with Crippen LogP contribution in [-0.4, -0.2) is 66.8 Å². The van der Waals surface area contributed by atoms with Crippen molar-refractivity contribution in [2.24, 2.45) is 5.92 Å². The summed E-state index contributed by atoms with van der Waals surface area (Å²) in [6.07, 6.45) is 6.09.